The molecule has 0 spiro atoms. The highest BCUT2D eigenvalue weighted by molar-refractivity contribution is 6.30. The van der Waals surface area contributed by atoms with Gasteiger partial charge in [0.05, 0.1) is 12.2 Å². The molecule has 6 heteroatoms. The summed E-state index contributed by atoms with van der Waals surface area (Å²) in [7, 11) is 0. The van der Waals surface area contributed by atoms with Crippen LogP contribution >= 0.6 is 11.6 Å². The van der Waals surface area contributed by atoms with E-state index in [1.165, 1.54) is 12.1 Å². The molecule has 1 amide bonds. The molecule has 1 atom stereocenters. The van der Waals surface area contributed by atoms with Crippen molar-refractivity contribution in [1.82, 2.24) is 4.90 Å². The molecular weight excluding hydrogens is 281 g/mol. The van der Waals surface area contributed by atoms with Crippen molar-refractivity contribution in [2.75, 3.05) is 25.0 Å². The van der Waals surface area contributed by atoms with Crippen LogP contribution in [0.3, 0.4) is 0 Å². The molecule has 1 aromatic carbocycles. The molecule has 0 radical (unpaired) electrons. The molecular formula is C14H19ClFN3O. The predicted molar refractivity (Wildman–Crippen MR) is 78.3 cm³/mol. The van der Waals surface area contributed by atoms with Crippen LogP contribution < -0.4 is 11.1 Å². The largest absolute Gasteiger partial charge is 0.329 e. The lowest BCUT2D eigenvalue weighted by molar-refractivity contribution is -0.118. The Hall–Kier alpha value is -1.17. The van der Waals surface area contributed by atoms with Gasteiger partial charge in [0.1, 0.15) is 5.82 Å². The van der Waals surface area contributed by atoms with Crippen LogP contribution in [0.2, 0.25) is 5.02 Å². The van der Waals surface area contributed by atoms with Crippen LogP contribution in [-0.4, -0.2) is 36.5 Å². The second-order valence-electron chi connectivity index (χ2n) is 5.03. The minimum atomic E-state index is -0.528. The minimum absolute atomic E-state index is 0.153. The van der Waals surface area contributed by atoms with Gasteiger partial charge in [0.2, 0.25) is 5.91 Å². The van der Waals surface area contributed by atoms with E-state index in [4.69, 9.17) is 17.3 Å². The number of carbonyl (C=O) groups excluding carboxylic acids is 1. The van der Waals surface area contributed by atoms with Gasteiger partial charge in [-0.25, -0.2) is 4.39 Å². The van der Waals surface area contributed by atoms with Gasteiger partial charge in [-0.3, -0.25) is 9.69 Å². The zero-order valence-corrected chi connectivity index (χ0v) is 12.0. The maximum absolute atomic E-state index is 13.6. The molecule has 1 heterocycles. The van der Waals surface area contributed by atoms with Crippen molar-refractivity contribution in [3.8, 4) is 0 Å². The summed E-state index contributed by atoms with van der Waals surface area (Å²) < 4.78 is 13.6. The third-order valence-corrected chi connectivity index (χ3v) is 3.81. The van der Waals surface area contributed by atoms with Gasteiger partial charge in [0.15, 0.2) is 0 Å². The number of hydrogen-bond donors (Lipinski definition) is 2. The van der Waals surface area contributed by atoms with Crippen LogP contribution in [0.4, 0.5) is 10.1 Å². The Labute approximate surface area is 123 Å². The number of halogens is 2. The number of likely N-dealkylation sites (tertiary alicyclic amines) is 1. The van der Waals surface area contributed by atoms with Crippen molar-refractivity contribution >= 4 is 23.2 Å². The number of piperidine rings is 1. The fourth-order valence-corrected chi connectivity index (χ4v) is 2.66. The third-order valence-electron chi connectivity index (χ3n) is 3.57. The van der Waals surface area contributed by atoms with Gasteiger partial charge in [-0.15, -0.1) is 0 Å². The number of amides is 1. The second kappa shape index (κ2) is 7.02. The number of nitrogens with zero attached hydrogens (tertiary/aromatic N) is 1. The average molecular weight is 300 g/mol. The fraction of sp³-hybridized carbons (Fsp3) is 0.500. The number of benzene rings is 1. The molecule has 1 unspecified atom stereocenters. The first-order valence-corrected chi connectivity index (χ1v) is 7.17. The molecule has 1 saturated heterocycles. The first-order valence-electron chi connectivity index (χ1n) is 6.79. The molecule has 0 aliphatic carbocycles. The van der Waals surface area contributed by atoms with Crippen LogP contribution in [0.15, 0.2) is 18.2 Å². The molecule has 0 saturated carbocycles. The van der Waals surface area contributed by atoms with E-state index in [-0.39, 0.29) is 24.2 Å². The van der Waals surface area contributed by atoms with E-state index in [2.05, 4.69) is 10.2 Å². The van der Waals surface area contributed by atoms with E-state index in [1.807, 2.05) is 0 Å². The standard InChI is InChI=1S/C14H19ClFN3O/c15-10-4-5-13(12(16)7-10)18-14(20)9-19-6-2-1-3-11(19)8-17/h4-5,7,11H,1-3,6,8-9,17H2,(H,18,20). The topological polar surface area (TPSA) is 58.4 Å². The summed E-state index contributed by atoms with van der Waals surface area (Å²) in [6.07, 6.45) is 3.23. The van der Waals surface area contributed by atoms with Crippen molar-refractivity contribution in [3.05, 3.63) is 29.0 Å². The Bertz CT molecular complexity index is 483. The van der Waals surface area contributed by atoms with Crippen LogP contribution in [0.1, 0.15) is 19.3 Å². The minimum Gasteiger partial charge on any atom is -0.329 e. The van der Waals surface area contributed by atoms with Crippen molar-refractivity contribution in [3.63, 3.8) is 0 Å². The molecule has 110 valence electrons. The molecule has 3 N–H and O–H groups in total. The van der Waals surface area contributed by atoms with E-state index in [0.717, 1.165) is 25.8 Å². The van der Waals surface area contributed by atoms with Gasteiger partial charge < -0.3 is 11.1 Å². The summed E-state index contributed by atoms with van der Waals surface area (Å²) in [6, 6.07) is 4.43. The maximum Gasteiger partial charge on any atom is 0.238 e. The summed E-state index contributed by atoms with van der Waals surface area (Å²) in [5.74, 6) is -0.758. The highest BCUT2D eigenvalue weighted by atomic mass is 35.5. The third kappa shape index (κ3) is 3.91. The molecule has 0 bridgehead atoms. The molecule has 1 aromatic rings. The molecule has 1 aliphatic heterocycles. The first kappa shape index (κ1) is 15.2. The van der Waals surface area contributed by atoms with E-state index < -0.39 is 5.82 Å². The van der Waals surface area contributed by atoms with Gasteiger partial charge in [0, 0.05) is 17.6 Å². The lowest BCUT2D eigenvalue weighted by Crippen LogP contribution is -2.47. The summed E-state index contributed by atoms with van der Waals surface area (Å²) in [5, 5.41) is 2.88. The molecule has 1 aliphatic rings. The van der Waals surface area contributed by atoms with Crippen LogP contribution in [0, 0.1) is 5.82 Å². The number of anilines is 1. The summed E-state index contributed by atoms with van der Waals surface area (Å²) in [4.78, 5) is 14.0. The zero-order valence-electron chi connectivity index (χ0n) is 11.2. The zero-order chi connectivity index (χ0) is 14.5. The van der Waals surface area contributed by atoms with E-state index in [1.54, 1.807) is 6.07 Å². The maximum atomic E-state index is 13.6. The Morgan fingerprint density at radius 1 is 1.50 bits per heavy atom. The van der Waals surface area contributed by atoms with Gasteiger partial charge in [-0.2, -0.15) is 0 Å². The number of hydrogen-bond acceptors (Lipinski definition) is 3. The molecule has 1 fully saturated rings. The van der Waals surface area contributed by atoms with Crippen molar-refractivity contribution in [1.29, 1.82) is 0 Å². The molecule has 20 heavy (non-hydrogen) atoms. The van der Waals surface area contributed by atoms with Crippen molar-refractivity contribution < 1.29 is 9.18 Å². The van der Waals surface area contributed by atoms with Gasteiger partial charge >= 0.3 is 0 Å². The van der Waals surface area contributed by atoms with Gasteiger partial charge in [-0.1, -0.05) is 18.0 Å². The van der Waals surface area contributed by atoms with Crippen LogP contribution in [0.25, 0.3) is 0 Å². The Morgan fingerprint density at radius 2 is 2.30 bits per heavy atom. The Balaban J connectivity index is 1.94. The van der Waals surface area contributed by atoms with Gasteiger partial charge in [0.25, 0.3) is 0 Å². The highest BCUT2D eigenvalue weighted by Gasteiger charge is 2.23. The summed E-state index contributed by atoms with van der Waals surface area (Å²) in [6.45, 7) is 1.64. The van der Waals surface area contributed by atoms with Gasteiger partial charge in [-0.05, 0) is 37.6 Å². The summed E-state index contributed by atoms with van der Waals surface area (Å²) >= 11 is 5.67. The Morgan fingerprint density at radius 3 is 3.00 bits per heavy atom. The lowest BCUT2D eigenvalue weighted by atomic mass is 10.0. The summed E-state index contributed by atoms with van der Waals surface area (Å²) in [5.41, 5.74) is 5.87. The SMILES string of the molecule is NCC1CCCCN1CC(=O)Nc1ccc(Cl)cc1F. The first-order chi connectivity index (χ1) is 9.60. The van der Waals surface area contributed by atoms with Crippen molar-refractivity contribution in [2.45, 2.75) is 25.3 Å². The number of nitrogens with two attached hydrogens (primary N) is 1. The quantitative estimate of drug-likeness (QED) is 0.896. The molecule has 0 aromatic heterocycles. The molecule has 4 nitrogen and oxygen atoms in total. The fourth-order valence-electron chi connectivity index (χ4n) is 2.50. The smallest absolute Gasteiger partial charge is 0.238 e. The normalized spacial score (nSPS) is 19.9. The number of carbonyl (C=O) groups is 1. The van der Waals surface area contributed by atoms with Crippen LogP contribution in [0.5, 0.6) is 0 Å². The van der Waals surface area contributed by atoms with E-state index in [0.29, 0.717) is 11.6 Å². The monoisotopic (exact) mass is 299 g/mol. The predicted octanol–water partition coefficient (Wildman–Crippen LogP) is 2.23. The second-order valence-corrected chi connectivity index (χ2v) is 5.46. The van der Waals surface area contributed by atoms with E-state index in [9.17, 15) is 9.18 Å². The number of rotatable bonds is 4. The van der Waals surface area contributed by atoms with Crippen molar-refractivity contribution in [2.24, 2.45) is 5.73 Å². The number of nitrogens with one attached hydrogen (secondary N) is 1. The lowest BCUT2D eigenvalue weighted by Gasteiger charge is -2.34. The average Bonchev–Trinajstić information content (AvgIpc) is 2.42. The van der Waals surface area contributed by atoms with E-state index >= 15 is 0 Å². The van der Waals surface area contributed by atoms with Crippen LogP contribution in [-0.2, 0) is 4.79 Å². The highest BCUT2D eigenvalue weighted by Crippen LogP contribution is 2.19. The molecule has 2 rings (SSSR count). The Kier molecular flexibility index (Phi) is 5.34.